The SMILES string of the molecule is Cc1ccc(N(c2ccc(C)cc2)c2ccc(-c3ccc(I)cc3)cc2)cc1. The molecule has 0 spiro atoms. The van der Waals surface area contributed by atoms with Crippen molar-refractivity contribution < 1.29 is 0 Å². The molecule has 0 saturated carbocycles. The molecule has 0 radical (unpaired) electrons. The standard InChI is InChI=1S/C26H22IN/c1-19-3-13-24(14-4-19)28(25-15-5-20(2)6-16-25)26-17-9-22(10-18-26)21-7-11-23(27)12-8-21/h3-18H,1-2H3. The minimum Gasteiger partial charge on any atom is -0.311 e. The van der Waals surface area contributed by atoms with E-state index in [2.05, 4.69) is 138 Å². The van der Waals surface area contributed by atoms with Crippen molar-refractivity contribution in [1.29, 1.82) is 0 Å². The predicted molar refractivity (Wildman–Crippen MR) is 129 cm³/mol. The molecular weight excluding hydrogens is 453 g/mol. The van der Waals surface area contributed by atoms with Crippen LogP contribution in [0.25, 0.3) is 11.1 Å². The third kappa shape index (κ3) is 4.12. The van der Waals surface area contributed by atoms with Crippen molar-refractivity contribution in [2.45, 2.75) is 13.8 Å². The number of benzene rings is 4. The van der Waals surface area contributed by atoms with Crippen molar-refractivity contribution >= 4 is 39.7 Å². The molecule has 0 fully saturated rings. The second kappa shape index (κ2) is 8.19. The number of hydrogen-bond donors (Lipinski definition) is 0. The molecule has 0 N–H and O–H groups in total. The van der Waals surface area contributed by atoms with E-state index in [0.29, 0.717) is 0 Å². The number of hydrogen-bond acceptors (Lipinski definition) is 1. The van der Waals surface area contributed by atoms with E-state index in [9.17, 15) is 0 Å². The van der Waals surface area contributed by atoms with Crippen LogP contribution in [0.3, 0.4) is 0 Å². The Balaban J connectivity index is 1.74. The summed E-state index contributed by atoms with van der Waals surface area (Å²) in [6.07, 6.45) is 0. The molecule has 28 heavy (non-hydrogen) atoms. The van der Waals surface area contributed by atoms with E-state index in [1.54, 1.807) is 0 Å². The summed E-state index contributed by atoms with van der Waals surface area (Å²) >= 11 is 2.34. The van der Waals surface area contributed by atoms with Gasteiger partial charge in [-0.3, -0.25) is 0 Å². The lowest BCUT2D eigenvalue weighted by Crippen LogP contribution is -2.09. The van der Waals surface area contributed by atoms with Crippen molar-refractivity contribution in [2.24, 2.45) is 0 Å². The summed E-state index contributed by atoms with van der Waals surface area (Å²) in [6, 6.07) is 34.8. The summed E-state index contributed by atoms with van der Waals surface area (Å²) in [6.45, 7) is 4.24. The first-order chi connectivity index (χ1) is 13.6. The average Bonchev–Trinajstić information content (AvgIpc) is 2.72. The fourth-order valence-corrected chi connectivity index (χ4v) is 3.64. The molecular formula is C26H22IN. The van der Waals surface area contributed by atoms with E-state index >= 15 is 0 Å². The predicted octanol–water partition coefficient (Wildman–Crippen LogP) is 8.04. The monoisotopic (exact) mass is 475 g/mol. The molecule has 0 atom stereocenters. The van der Waals surface area contributed by atoms with Gasteiger partial charge in [0.25, 0.3) is 0 Å². The number of rotatable bonds is 4. The number of aryl methyl sites for hydroxylation is 2. The Bertz CT molecular complexity index is 1000. The molecule has 0 heterocycles. The summed E-state index contributed by atoms with van der Waals surface area (Å²) in [7, 11) is 0. The summed E-state index contributed by atoms with van der Waals surface area (Å²) in [5.41, 5.74) is 8.48. The van der Waals surface area contributed by atoms with Gasteiger partial charge in [0, 0.05) is 20.6 Å². The zero-order valence-electron chi connectivity index (χ0n) is 16.1. The van der Waals surface area contributed by atoms with Gasteiger partial charge in [0.2, 0.25) is 0 Å². The topological polar surface area (TPSA) is 3.24 Å². The largest absolute Gasteiger partial charge is 0.311 e. The Hall–Kier alpha value is -2.59. The Labute approximate surface area is 180 Å². The fourth-order valence-electron chi connectivity index (χ4n) is 3.28. The molecule has 0 bridgehead atoms. The van der Waals surface area contributed by atoms with E-state index in [4.69, 9.17) is 0 Å². The molecule has 2 heteroatoms. The molecule has 1 nitrogen and oxygen atoms in total. The van der Waals surface area contributed by atoms with Gasteiger partial charge in [0.15, 0.2) is 0 Å². The first-order valence-corrected chi connectivity index (χ1v) is 10.5. The van der Waals surface area contributed by atoms with Crippen molar-refractivity contribution in [3.8, 4) is 11.1 Å². The Morgan fingerprint density at radius 1 is 0.464 bits per heavy atom. The lowest BCUT2D eigenvalue weighted by molar-refractivity contribution is 1.27. The maximum absolute atomic E-state index is 2.34. The Morgan fingerprint density at radius 3 is 1.18 bits per heavy atom. The van der Waals surface area contributed by atoms with Gasteiger partial charge < -0.3 is 4.90 Å². The number of halogens is 1. The quantitative estimate of drug-likeness (QED) is 0.270. The zero-order valence-corrected chi connectivity index (χ0v) is 18.2. The summed E-state index contributed by atoms with van der Waals surface area (Å²) < 4.78 is 1.25. The van der Waals surface area contributed by atoms with E-state index in [0.717, 1.165) is 17.1 Å². The Kier molecular flexibility index (Phi) is 5.49. The normalized spacial score (nSPS) is 10.7. The molecule has 0 aliphatic heterocycles. The Morgan fingerprint density at radius 2 is 0.786 bits per heavy atom. The highest BCUT2D eigenvalue weighted by atomic mass is 127. The minimum atomic E-state index is 1.15. The van der Waals surface area contributed by atoms with E-state index in [-0.39, 0.29) is 0 Å². The lowest BCUT2D eigenvalue weighted by atomic mass is 10.0. The highest BCUT2D eigenvalue weighted by Crippen LogP contribution is 2.35. The van der Waals surface area contributed by atoms with Gasteiger partial charge in [-0.2, -0.15) is 0 Å². The van der Waals surface area contributed by atoms with Crippen molar-refractivity contribution in [1.82, 2.24) is 0 Å². The third-order valence-electron chi connectivity index (χ3n) is 4.89. The van der Waals surface area contributed by atoms with Crippen LogP contribution in [0, 0.1) is 17.4 Å². The molecule has 0 unspecified atom stereocenters. The van der Waals surface area contributed by atoms with Crippen LogP contribution in [0.4, 0.5) is 17.1 Å². The summed E-state index contributed by atoms with van der Waals surface area (Å²) in [5.74, 6) is 0. The number of anilines is 3. The van der Waals surface area contributed by atoms with Crippen LogP contribution in [0.5, 0.6) is 0 Å². The maximum Gasteiger partial charge on any atom is 0.0462 e. The smallest absolute Gasteiger partial charge is 0.0462 e. The van der Waals surface area contributed by atoms with Gasteiger partial charge in [-0.1, -0.05) is 59.7 Å². The van der Waals surface area contributed by atoms with Crippen LogP contribution in [0.1, 0.15) is 11.1 Å². The molecule has 0 saturated heterocycles. The highest BCUT2D eigenvalue weighted by molar-refractivity contribution is 14.1. The molecule has 4 rings (SSSR count). The van der Waals surface area contributed by atoms with Gasteiger partial charge in [-0.25, -0.2) is 0 Å². The molecule has 4 aromatic carbocycles. The molecule has 0 aliphatic rings. The second-order valence-corrected chi connectivity index (χ2v) is 8.31. The zero-order chi connectivity index (χ0) is 19.5. The first-order valence-electron chi connectivity index (χ1n) is 9.40. The van der Waals surface area contributed by atoms with Gasteiger partial charge in [-0.05, 0) is 96.1 Å². The van der Waals surface area contributed by atoms with E-state index in [1.807, 2.05) is 0 Å². The molecule has 4 aromatic rings. The van der Waals surface area contributed by atoms with Crippen LogP contribution < -0.4 is 4.90 Å². The fraction of sp³-hybridized carbons (Fsp3) is 0.0769. The van der Waals surface area contributed by atoms with Crippen LogP contribution >= 0.6 is 22.6 Å². The van der Waals surface area contributed by atoms with Crippen molar-refractivity contribution in [3.63, 3.8) is 0 Å². The molecule has 0 amide bonds. The van der Waals surface area contributed by atoms with Crippen molar-refractivity contribution in [2.75, 3.05) is 4.90 Å². The van der Waals surface area contributed by atoms with Crippen molar-refractivity contribution in [3.05, 3.63) is 112 Å². The van der Waals surface area contributed by atoms with Crippen LogP contribution in [0.15, 0.2) is 97.1 Å². The first kappa shape index (κ1) is 18.8. The van der Waals surface area contributed by atoms with Crippen LogP contribution in [-0.2, 0) is 0 Å². The molecule has 0 aliphatic carbocycles. The highest BCUT2D eigenvalue weighted by Gasteiger charge is 2.12. The second-order valence-electron chi connectivity index (χ2n) is 7.06. The van der Waals surface area contributed by atoms with Gasteiger partial charge in [0.1, 0.15) is 0 Å². The maximum atomic E-state index is 2.34. The van der Waals surface area contributed by atoms with Crippen LogP contribution in [0.2, 0.25) is 0 Å². The van der Waals surface area contributed by atoms with E-state index in [1.165, 1.54) is 25.8 Å². The number of nitrogens with zero attached hydrogens (tertiary/aromatic N) is 1. The molecule has 138 valence electrons. The van der Waals surface area contributed by atoms with Gasteiger partial charge >= 0.3 is 0 Å². The minimum absolute atomic E-state index is 1.15. The summed E-state index contributed by atoms with van der Waals surface area (Å²) in [5, 5.41) is 0. The van der Waals surface area contributed by atoms with Gasteiger partial charge in [-0.15, -0.1) is 0 Å². The van der Waals surface area contributed by atoms with Gasteiger partial charge in [0.05, 0.1) is 0 Å². The molecule has 0 aromatic heterocycles. The third-order valence-corrected chi connectivity index (χ3v) is 5.61. The summed E-state index contributed by atoms with van der Waals surface area (Å²) in [4.78, 5) is 2.30. The van der Waals surface area contributed by atoms with E-state index < -0.39 is 0 Å². The lowest BCUT2D eigenvalue weighted by Gasteiger charge is -2.26. The average molecular weight is 475 g/mol. The van der Waals surface area contributed by atoms with Crippen LogP contribution in [-0.4, -0.2) is 0 Å².